The van der Waals surface area contributed by atoms with Crippen molar-refractivity contribution in [2.24, 2.45) is 0 Å². The highest BCUT2D eigenvalue weighted by Gasteiger charge is 2.23. The van der Waals surface area contributed by atoms with Gasteiger partial charge in [0.25, 0.3) is 11.5 Å². The fourth-order valence-electron chi connectivity index (χ4n) is 4.14. The van der Waals surface area contributed by atoms with Gasteiger partial charge < -0.3 is 9.73 Å². The number of amides is 1. The van der Waals surface area contributed by atoms with E-state index in [4.69, 9.17) is 9.40 Å². The summed E-state index contributed by atoms with van der Waals surface area (Å²) in [7, 11) is 0. The van der Waals surface area contributed by atoms with E-state index >= 15 is 0 Å². The van der Waals surface area contributed by atoms with Crippen LogP contribution in [0.1, 0.15) is 67.0 Å². The molecule has 8 heteroatoms. The molecular weight excluding hydrogens is 424 g/mol. The van der Waals surface area contributed by atoms with Crippen LogP contribution in [0.5, 0.6) is 0 Å². The minimum atomic E-state index is -0.246. The van der Waals surface area contributed by atoms with Crippen molar-refractivity contribution >= 4 is 44.2 Å². The van der Waals surface area contributed by atoms with E-state index in [2.05, 4.69) is 10.3 Å². The first-order chi connectivity index (χ1) is 15.2. The number of aryl methyl sites for hydroxylation is 2. The van der Waals surface area contributed by atoms with E-state index in [0.717, 1.165) is 31.5 Å². The first-order valence-corrected chi connectivity index (χ1v) is 11.8. The smallest absolute Gasteiger partial charge is 0.266 e. The van der Waals surface area contributed by atoms with E-state index in [1.54, 1.807) is 10.6 Å². The molecule has 1 aliphatic heterocycles. The highest BCUT2D eigenvalue weighted by atomic mass is 32.1. The molecule has 0 radical (unpaired) electrons. The molecule has 0 aliphatic carbocycles. The number of anilines is 1. The molecule has 7 nitrogen and oxygen atoms in total. The van der Waals surface area contributed by atoms with Gasteiger partial charge in [0, 0.05) is 24.1 Å². The molecule has 5 rings (SSSR count). The predicted octanol–water partition coefficient (Wildman–Crippen LogP) is 5.18. The van der Waals surface area contributed by atoms with Crippen molar-refractivity contribution in [3.63, 3.8) is 0 Å². The second-order valence-corrected chi connectivity index (χ2v) is 10.4. The van der Waals surface area contributed by atoms with Crippen LogP contribution in [0.15, 0.2) is 27.4 Å². The number of thiophene rings is 1. The van der Waals surface area contributed by atoms with E-state index in [-0.39, 0.29) is 16.9 Å². The van der Waals surface area contributed by atoms with Gasteiger partial charge in [0.05, 0.1) is 10.3 Å². The number of nitrogens with zero attached hydrogens (tertiary/aromatic N) is 3. The Kier molecular flexibility index (Phi) is 4.93. The SMILES string of the molecule is Cc1c(C(=O)Nc2ccc3oc(C(C)(C)C)nc3c2)sc2nc3n(c(=O)c12)CCCCC3. The zero-order valence-electron chi connectivity index (χ0n) is 18.7. The predicted molar refractivity (Wildman–Crippen MR) is 127 cm³/mol. The summed E-state index contributed by atoms with van der Waals surface area (Å²) in [5, 5.41) is 3.51. The summed E-state index contributed by atoms with van der Waals surface area (Å²) in [6.07, 6.45) is 3.93. The molecule has 1 amide bonds. The number of carbonyl (C=O) groups is 1. The van der Waals surface area contributed by atoms with Crippen molar-refractivity contribution in [2.75, 3.05) is 5.32 Å². The third-order valence-corrected chi connectivity index (χ3v) is 7.09. The van der Waals surface area contributed by atoms with Crippen LogP contribution in [0.25, 0.3) is 21.3 Å². The fraction of sp³-hybridized carbons (Fsp3) is 0.417. The lowest BCUT2D eigenvalue weighted by atomic mass is 9.97. The summed E-state index contributed by atoms with van der Waals surface area (Å²) in [6.45, 7) is 8.65. The average Bonchev–Trinajstić information content (AvgIpc) is 3.21. The molecule has 0 spiro atoms. The van der Waals surface area contributed by atoms with Gasteiger partial charge in [0.2, 0.25) is 5.89 Å². The number of hydrogen-bond acceptors (Lipinski definition) is 6. The van der Waals surface area contributed by atoms with Crippen LogP contribution in [0, 0.1) is 6.92 Å². The van der Waals surface area contributed by atoms with E-state index in [0.29, 0.717) is 49.9 Å². The van der Waals surface area contributed by atoms with Crippen LogP contribution in [-0.4, -0.2) is 20.4 Å². The maximum atomic E-state index is 13.1. The number of fused-ring (bicyclic) bond motifs is 3. The maximum Gasteiger partial charge on any atom is 0.266 e. The zero-order valence-corrected chi connectivity index (χ0v) is 19.6. The zero-order chi connectivity index (χ0) is 22.6. The molecule has 0 atom stereocenters. The van der Waals surface area contributed by atoms with Gasteiger partial charge in [-0.25, -0.2) is 9.97 Å². The summed E-state index contributed by atoms with van der Waals surface area (Å²) < 4.78 is 7.63. The Morgan fingerprint density at radius 3 is 2.78 bits per heavy atom. The summed E-state index contributed by atoms with van der Waals surface area (Å²) in [5.74, 6) is 1.24. The highest BCUT2D eigenvalue weighted by Crippen LogP contribution is 2.30. The number of nitrogens with one attached hydrogen (secondary N) is 1. The first kappa shape index (κ1) is 20.9. The van der Waals surface area contributed by atoms with Crippen molar-refractivity contribution < 1.29 is 9.21 Å². The van der Waals surface area contributed by atoms with Crippen molar-refractivity contribution in [2.45, 2.75) is 65.3 Å². The molecule has 0 bridgehead atoms. The molecule has 3 aromatic heterocycles. The summed E-state index contributed by atoms with van der Waals surface area (Å²) in [6, 6.07) is 5.43. The lowest BCUT2D eigenvalue weighted by Crippen LogP contribution is -2.24. The molecule has 0 saturated heterocycles. The molecule has 1 N–H and O–H groups in total. The molecule has 0 fully saturated rings. The normalized spacial score (nSPS) is 14.5. The van der Waals surface area contributed by atoms with Crippen LogP contribution in [0.3, 0.4) is 0 Å². The number of benzene rings is 1. The van der Waals surface area contributed by atoms with E-state index in [9.17, 15) is 9.59 Å². The molecule has 0 saturated carbocycles. The molecule has 166 valence electrons. The Balaban J connectivity index is 1.49. The fourth-order valence-corrected chi connectivity index (χ4v) is 5.23. The van der Waals surface area contributed by atoms with Gasteiger partial charge in [-0.2, -0.15) is 0 Å². The van der Waals surface area contributed by atoms with Crippen molar-refractivity contribution in [3.8, 4) is 0 Å². The Morgan fingerprint density at radius 1 is 1.19 bits per heavy atom. The third-order valence-electron chi connectivity index (χ3n) is 5.90. The van der Waals surface area contributed by atoms with E-state index < -0.39 is 0 Å². The Morgan fingerprint density at radius 2 is 2.00 bits per heavy atom. The molecule has 4 aromatic rings. The van der Waals surface area contributed by atoms with E-state index in [1.165, 1.54) is 11.3 Å². The monoisotopic (exact) mass is 450 g/mol. The van der Waals surface area contributed by atoms with Crippen molar-refractivity contribution in [3.05, 3.63) is 50.7 Å². The molecule has 1 aromatic carbocycles. The van der Waals surface area contributed by atoms with Gasteiger partial charge in [-0.1, -0.05) is 27.2 Å². The van der Waals surface area contributed by atoms with Gasteiger partial charge in [-0.05, 0) is 43.5 Å². The largest absolute Gasteiger partial charge is 0.440 e. The van der Waals surface area contributed by atoms with Crippen LogP contribution in [-0.2, 0) is 18.4 Å². The number of aromatic nitrogens is 3. The quantitative estimate of drug-likeness (QED) is 0.454. The van der Waals surface area contributed by atoms with Crippen molar-refractivity contribution in [1.82, 2.24) is 14.5 Å². The summed E-state index contributed by atoms with van der Waals surface area (Å²) in [4.78, 5) is 36.7. The van der Waals surface area contributed by atoms with Gasteiger partial charge >= 0.3 is 0 Å². The van der Waals surface area contributed by atoms with Crippen LogP contribution in [0.4, 0.5) is 5.69 Å². The van der Waals surface area contributed by atoms with Crippen molar-refractivity contribution in [1.29, 1.82) is 0 Å². The summed E-state index contributed by atoms with van der Waals surface area (Å²) >= 11 is 1.29. The molecule has 1 aliphatic rings. The Hall–Kier alpha value is -3.00. The second kappa shape index (κ2) is 7.55. The standard InChI is InChI=1S/C24H26N4O3S/c1-13-18-21(27-17-8-6-5-7-11-28(17)22(18)30)32-19(13)20(29)25-14-9-10-16-15(12-14)26-23(31-16)24(2,3)4/h9-10,12H,5-8,11H2,1-4H3,(H,25,29). The van der Waals surface area contributed by atoms with Gasteiger partial charge in [-0.3, -0.25) is 14.2 Å². The number of hydrogen-bond donors (Lipinski definition) is 1. The summed E-state index contributed by atoms with van der Waals surface area (Å²) in [5.41, 5.74) is 2.48. The van der Waals surface area contributed by atoms with Crippen LogP contribution >= 0.6 is 11.3 Å². The van der Waals surface area contributed by atoms with Gasteiger partial charge in [-0.15, -0.1) is 11.3 Å². The topological polar surface area (TPSA) is 90.0 Å². The lowest BCUT2D eigenvalue weighted by Gasteiger charge is -2.11. The van der Waals surface area contributed by atoms with E-state index in [1.807, 2.05) is 39.8 Å². The van der Waals surface area contributed by atoms with Crippen LogP contribution < -0.4 is 10.9 Å². The van der Waals surface area contributed by atoms with Gasteiger partial charge in [0.15, 0.2) is 5.58 Å². The molecule has 32 heavy (non-hydrogen) atoms. The van der Waals surface area contributed by atoms with Crippen LogP contribution in [0.2, 0.25) is 0 Å². The minimum absolute atomic E-state index is 0.0292. The third kappa shape index (κ3) is 3.52. The average molecular weight is 451 g/mol. The molecule has 4 heterocycles. The second-order valence-electron chi connectivity index (χ2n) is 9.44. The van der Waals surface area contributed by atoms with Gasteiger partial charge in [0.1, 0.15) is 16.2 Å². The number of oxazole rings is 1. The lowest BCUT2D eigenvalue weighted by molar-refractivity contribution is 0.103. The minimum Gasteiger partial charge on any atom is -0.440 e. The molecular formula is C24H26N4O3S. The first-order valence-electron chi connectivity index (χ1n) is 11.0. The number of rotatable bonds is 2. The number of carbonyl (C=O) groups excluding carboxylic acids is 1. The Bertz CT molecular complexity index is 1420. The maximum absolute atomic E-state index is 13.1. The Labute approximate surface area is 189 Å². The highest BCUT2D eigenvalue weighted by molar-refractivity contribution is 7.20. The molecule has 0 unspecified atom stereocenters.